The highest BCUT2D eigenvalue weighted by atomic mass is 19.4. The van der Waals surface area contributed by atoms with E-state index >= 15 is 0 Å². The lowest BCUT2D eigenvalue weighted by atomic mass is 10.1. The van der Waals surface area contributed by atoms with Crippen molar-refractivity contribution in [2.75, 3.05) is 20.8 Å². The summed E-state index contributed by atoms with van der Waals surface area (Å²) in [5, 5.41) is 2.14. The molecule has 1 saturated carbocycles. The van der Waals surface area contributed by atoms with Crippen molar-refractivity contribution in [3.05, 3.63) is 36.5 Å². The molecular formula is C23H24F6N6O3. The van der Waals surface area contributed by atoms with Crippen molar-refractivity contribution in [2.45, 2.75) is 44.2 Å². The largest absolute Gasteiger partial charge is 0.494 e. The number of halogens is 6. The standard InChI is InChI=1S/C23H24F6N6O3/c1-5-35(20(36)33-21(2)9-16(21)22(24,25)26)17(23(27,28)29)13-8-12(15(37-3)10-31-13)14-11-34-7-6-30-18(34)19(32-14)38-4/h6-8,10-11,16-17H,5,9H2,1-4H3,(H,33,36)/t16-,17?,21-/m1/s1. The van der Waals surface area contributed by atoms with Crippen LogP contribution in [0.1, 0.15) is 32.0 Å². The first-order valence-electron chi connectivity index (χ1n) is 11.4. The van der Waals surface area contributed by atoms with Gasteiger partial charge in [0.1, 0.15) is 5.75 Å². The lowest BCUT2D eigenvalue weighted by Crippen LogP contribution is -2.51. The van der Waals surface area contributed by atoms with Gasteiger partial charge in [-0.3, -0.25) is 4.98 Å². The summed E-state index contributed by atoms with van der Waals surface area (Å²) < 4.78 is 94.6. The van der Waals surface area contributed by atoms with Gasteiger partial charge in [0.15, 0.2) is 11.7 Å². The SMILES string of the molecule is CCN(C(=O)N[C@]1(C)C[C@H]1C(F)(F)F)C(c1cc(-c2cn3ccnc3c(OC)n2)c(OC)cn1)C(F)(F)F. The highest BCUT2D eigenvalue weighted by Crippen LogP contribution is 2.53. The van der Waals surface area contributed by atoms with Gasteiger partial charge in [0, 0.05) is 30.7 Å². The van der Waals surface area contributed by atoms with Crippen LogP contribution in [-0.4, -0.2) is 68.9 Å². The van der Waals surface area contributed by atoms with Crippen molar-refractivity contribution in [1.82, 2.24) is 29.6 Å². The van der Waals surface area contributed by atoms with Crippen molar-refractivity contribution < 1.29 is 40.6 Å². The normalized spacial score (nSPS) is 20.2. The molecular weight excluding hydrogens is 522 g/mol. The molecule has 0 aliphatic heterocycles. The topological polar surface area (TPSA) is 93.9 Å². The van der Waals surface area contributed by atoms with Crippen LogP contribution >= 0.6 is 0 Å². The van der Waals surface area contributed by atoms with E-state index in [-0.39, 0.29) is 22.9 Å². The summed E-state index contributed by atoms with van der Waals surface area (Å²) in [6.07, 6.45) is -4.38. The fraction of sp³-hybridized carbons (Fsp3) is 0.478. The Hall–Kier alpha value is -3.78. The number of urea groups is 1. The number of amides is 2. The molecule has 0 bridgehead atoms. The fourth-order valence-corrected chi connectivity index (χ4v) is 4.38. The third kappa shape index (κ3) is 5.00. The quantitative estimate of drug-likeness (QED) is 0.429. The third-order valence-corrected chi connectivity index (χ3v) is 6.45. The molecule has 0 spiro atoms. The average molecular weight is 546 g/mol. The van der Waals surface area contributed by atoms with Crippen LogP contribution in [0.25, 0.3) is 16.9 Å². The van der Waals surface area contributed by atoms with Gasteiger partial charge in [0.25, 0.3) is 5.88 Å². The van der Waals surface area contributed by atoms with Crippen LogP contribution in [0, 0.1) is 5.92 Å². The molecule has 1 N–H and O–H groups in total. The minimum absolute atomic E-state index is 0.0923. The second-order valence-corrected chi connectivity index (χ2v) is 8.98. The van der Waals surface area contributed by atoms with Gasteiger partial charge in [-0.15, -0.1) is 0 Å². The van der Waals surface area contributed by atoms with E-state index < -0.39 is 54.5 Å². The molecule has 4 rings (SSSR count). The molecule has 38 heavy (non-hydrogen) atoms. The smallest absolute Gasteiger partial charge is 0.414 e. The molecule has 3 atom stereocenters. The van der Waals surface area contributed by atoms with E-state index in [1.54, 1.807) is 10.6 Å². The molecule has 206 valence electrons. The Kier molecular flexibility index (Phi) is 6.82. The number of ether oxygens (including phenoxy) is 2. The number of hydrogen-bond acceptors (Lipinski definition) is 6. The molecule has 15 heteroatoms. The van der Waals surface area contributed by atoms with E-state index in [2.05, 4.69) is 20.3 Å². The number of hydrogen-bond donors (Lipinski definition) is 1. The molecule has 0 radical (unpaired) electrons. The van der Waals surface area contributed by atoms with E-state index in [0.717, 1.165) is 19.2 Å². The summed E-state index contributed by atoms with van der Waals surface area (Å²) in [4.78, 5) is 25.6. The highest BCUT2D eigenvalue weighted by molar-refractivity contribution is 5.77. The Morgan fingerprint density at radius 2 is 1.95 bits per heavy atom. The van der Waals surface area contributed by atoms with E-state index in [4.69, 9.17) is 9.47 Å². The number of nitrogens with one attached hydrogen (secondary N) is 1. The molecule has 1 fully saturated rings. The third-order valence-electron chi connectivity index (χ3n) is 6.45. The van der Waals surface area contributed by atoms with Crippen LogP contribution in [0.2, 0.25) is 0 Å². The van der Waals surface area contributed by atoms with E-state index in [0.29, 0.717) is 10.5 Å². The molecule has 0 saturated heterocycles. The maximum Gasteiger partial charge on any atom is 0.414 e. The van der Waals surface area contributed by atoms with Gasteiger partial charge in [-0.1, -0.05) is 0 Å². The van der Waals surface area contributed by atoms with Crippen molar-refractivity contribution >= 4 is 11.7 Å². The number of imidazole rings is 1. The van der Waals surface area contributed by atoms with Gasteiger partial charge in [-0.05, 0) is 26.3 Å². The van der Waals surface area contributed by atoms with Crippen molar-refractivity contribution in [3.8, 4) is 22.9 Å². The van der Waals surface area contributed by atoms with Gasteiger partial charge in [-0.2, -0.15) is 26.3 Å². The molecule has 0 aromatic carbocycles. The van der Waals surface area contributed by atoms with Crippen LogP contribution in [0.15, 0.2) is 30.9 Å². The van der Waals surface area contributed by atoms with Gasteiger partial charge in [0.2, 0.25) is 0 Å². The maximum absolute atomic E-state index is 14.4. The lowest BCUT2D eigenvalue weighted by Gasteiger charge is -2.33. The predicted octanol–water partition coefficient (Wildman–Crippen LogP) is 4.78. The monoisotopic (exact) mass is 546 g/mol. The zero-order chi connectivity index (χ0) is 28.0. The Balaban J connectivity index is 1.75. The number of carbonyl (C=O) groups is 1. The van der Waals surface area contributed by atoms with Crippen LogP contribution in [0.3, 0.4) is 0 Å². The minimum atomic E-state index is -5.01. The van der Waals surface area contributed by atoms with Gasteiger partial charge >= 0.3 is 18.4 Å². The average Bonchev–Trinajstić information content (AvgIpc) is 3.30. The Bertz CT molecular complexity index is 1340. The number of pyridine rings is 1. The van der Waals surface area contributed by atoms with Crippen LogP contribution < -0.4 is 14.8 Å². The summed E-state index contributed by atoms with van der Waals surface area (Å²) in [5.41, 5.74) is -1.62. The Labute approximate surface area is 212 Å². The molecule has 3 aromatic heterocycles. The molecule has 2 amide bonds. The number of alkyl halides is 6. The van der Waals surface area contributed by atoms with Crippen LogP contribution in [-0.2, 0) is 0 Å². The molecule has 3 aromatic rings. The first kappa shape index (κ1) is 27.3. The second kappa shape index (κ2) is 9.51. The molecule has 9 nitrogen and oxygen atoms in total. The zero-order valence-corrected chi connectivity index (χ0v) is 20.7. The van der Waals surface area contributed by atoms with Crippen LogP contribution in [0.4, 0.5) is 31.1 Å². The molecule has 1 aliphatic rings. The summed E-state index contributed by atoms with van der Waals surface area (Å²) >= 11 is 0. The minimum Gasteiger partial charge on any atom is -0.494 e. The second-order valence-electron chi connectivity index (χ2n) is 8.98. The summed E-state index contributed by atoms with van der Waals surface area (Å²) in [7, 11) is 2.66. The number of methoxy groups -OCH3 is 2. The summed E-state index contributed by atoms with van der Waals surface area (Å²) in [5.74, 6) is -1.65. The molecule has 3 heterocycles. The number of fused-ring (bicyclic) bond motifs is 1. The number of nitrogens with zero attached hydrogens (tertiary/aromatic N) is 5. The summed E-state index contributed by atoms with van der Waals surface area (Å²) in [6, 6.07) is -2.78. The number of carbonyl (C=O) groups excluding carboxylic acids is 1. The fourth-order valence-electron chi connectivity index (χ4n) is 4.38. The molecule has 1 aliphatic carbocycles. The van der Waals surface area contributed by atoms with E-state index in [1.807, 2.05) is 0 Å². The summed E-state index contributed by atoms with van der Waals surface area (Å²) in [6.45, 7) is 1.98. The van der Waals surface area contributed by atoms with Crippen LogP contribution in [0.5, 0.6) is 11.6 Å². The first-order chi connectivity index (χ1) is 17.7. The maximum atomic E-state index is 14.4. The Morgan fingerprint density at radius 3 is 2.50 bits per heavy atom. The zero-order valence-electron chi connectivity index (χ0n) is 20.7. The van der Waals surface area contributed by atoms with Crippen molar-refractivity contribution in [3.63, 3.8) is 0 Å². The van der Waals surface area contributed by atoms with Crippen molar-refractivity contribution in [1.29, 1.82) is 0 Å². The molecule has 1 unspecified atom stereocenters. The van der Waals surface area contributed by atoms with Gasteiger partial charge in [-0.25, -0.2) is 14.8 Å². The first-order valence-corrected chi connectivity index (χ1v) is 11.4. The van der Waals surface area contributed by atoms with Crippen molar-refractivity contribution in [2.24, 2.45) is 5.92 Å². The van der Waals surface area contributed by atoms with Gasteiger partial charge < -0.3 is 24.1 Å². The highest BCUT2D eigenvalue weighted by Gasteiger charge is 2.65. The Morgan fingerprint density at radius 1 is 1.24 bits per heavy atom. The lowest BCUT2D eigenvalue weighted by molar-refractivity contribution is -0.179. The van der Waals surface area contributed by atoms with E-state index in [9.17, 15) is 31.1 Å². The number of rotatable bonds is 7. The number of aromatic nitrogens is 4. The predicted molar refractivity (Wildman–Crippen MR) is 122 cm³/mol. The van der Waals surface area contributed by atoms with E-state index in [1.165, 1.54) is 33.5 Å². The van der Waals surface area contributed by atoms with Gasteiger partial charge in [0.05, 0.1) is 43.3 Å².